The normalized spacial score (nSPS) is 10.8. The fourth-order valence-corrected chi connectivity index (χ4v) is 1.65. The van der Waals surface area contributed by atoms with Gasteiger partial charge in [-0.1, -0.05) is 23.2 Å². The number of methoxy groups -OCH3 is 1. The molecule has 0 saturated carbocycles. The summed E-state index contributed by atoms with van der Waals surface area (Å²) in [5.41, 5.74) is 0.835. The Hall–Kier alpha value is -0.390. The van der Waals surface area contributed by atoms with Gasteiger partial charge in [-0.05, 0) is 12.5 Å². The molecule has 0 aliphatic rings. The maximum Gasteiger partial charge on any atom is 0.130 e. The maximum atomic E-state index is 5.98. The quantitative estimate of drug-likeness (QED) is 0.518. The summed E-state index contributed by atoms with van der Waals surface area (Å²) in [4.78, 5) is 3.95. The van der Waals surface area contributed by atoms with Crippen molar-refractivity contribution < 1.29 is 14.2 Å². The molecule has 0 unspecified atom stereocenters. The van der Waals surface area contributed by atoms with Gasteiger partial charge in [-0.25, -0.2) is 4.98 Å². The average molecular weight is 294 g/mol. The number of rotatable bonds is 9. The van der Waals surface area contributed by atoms with Crippen LogP contribution < -0.4 is 0 Å². The van der Waals surface area contributed by atoms with Crippen LogP contribution >= 0.6 is 23.2 Å². The number of ether oxygens (including phenoxy) is 3. The number of pyridine rings is 1. The number of nitrogens with zero attached hydrogens (tertiary/aromatic N) is 1. The van der Waals surface area contributed by atoms with Crippen LogP contribution in [0.2, 0.25) is 10.2 Å². The molecule has 1 aromatic heterocycles. The van der Waals surface area contributed by atoms with E-state index in [1.54, 1.807) is 19.4 Å². The largest absolute Gasteiger partial charge is 0.382 e. The zero-order chi connectivity index (χ0) is 13.2. The minimum absolute atomic E-state index is 0.385. The Bertz CT molecular complexity index is 350. The van der Waals surface area contributed by atoms with Crippen LogP contribution in [0.3, 0.4) is 0 Å². The van der Waals surface area contributed by atoms with E-state index in [0.29, 0.717) is 43.2 Å². The maximum absolute atomic E-state index is 5.98. The number of aromatic nitrogens is 1. The Labute approximate surface area is 117 Å². The molecule has 0 amide bonds. The van der Waals surface area contributed by atoms with Gasteiger partial charge in [0.05, 0.1) is 24.8 Å². The van der Waals surface area contributed by atoms with Gasteiger partial charge in [0.15, 0.2) is 0 Å². The van der Waals surface area contributed by atoms with Gasteiger partial charge in [0.1, 0.15) is 5.15 Å². The van der Waals surface area contributed by atoms with Gasteiger partial charge in [-0.3, -0.25) is 0 Å². The second kappa shape index (κ2) is 9.53. The molecule has 0 saturated heterocycles. The van der Waals surface area contributed by atoms with Crippen LogP contribution in [-0.4, -0.2) is 38.5 Å². The molecule has 0 bridgehead atoms. The van der Waals surface area contributed by atoms with Crippen molar-refractivity contribution in [2.24, 2.45) is 0 Å². The summed E-state index contributed by atoms with van der Waals surface area (Å²) in [5.74, 6) is 0. The van der Waals surface area contributed by atoms with Crippen molar-refractivity contribution in [1.29, 1.82) is 0 Å². The molecule has 0 fully saturated rings. The monoisotopic (exact) mass is 293 g/mol. The summed E-state index contributed by atoms with van der Waals surface area (Å²) in [7, 11) is 1.65. The van der Waals surface area contributed by atoms with Crippen molar-refractivity contribution in [3.8, 4) is 0 Å². The highest BCUT2D eigenvalue weighted by Crippen LogP contribution is 2.19. The molecule has 0 spiro atoms. The van der Waals surface area contributed by atoms with Crippen LogP contribution in [0.4, 0.5) is 0 Å². The Morgan fingerprint density at radius 1 is 1.11 bits per heavy atom. The highest BCUT2D eigenvalue weighted by atomic mass is 35.5. The molecule has 0 aliphatic heterocycles. The molecule has 18 heavy (non-hydrogen) atoms. The molecule has 0 aliphatic carbocycles. The molecule has 4 nitrogen and oxygen atoms in total. The highest BCUT2D eigenvalue weighted by molar-refractivity contribution is 6.34. The van der Waals surface area contributed by atoms with E-state index in [1.165, 1.54) is 0 Å². The lowest BCUT2D eigenvalue weighted by Gasteiger charge is -2.06. The van der Waals surface area contributed by atoms with Crippen molar-refractivity contribution >= 4 is 23.2 Å². The Balaban J connectivity index is 2.07. The lowest BCUT2D eigenvalue weighted by Crippen LogP contribution is -2.05. The van der Waals surface area contributed by atoms with E-state index in [-0.39, 0.29) is 0 Å². The Kier molecular flexibility index (Phi) is 8.29. The van der Waals surface area contributed by atoms with E-state index in [9.17, 15) is 0 Å². The first-order chi connectivity index (χ1) is 8.74. The van der Waals surface area contributed by atoms with Crippen LogP contribution in [0.25, 0.3) is 0 Å². The summed E-state index contributed by atoms with van der Waals surface area (Å²) >= 11 is 11.7. The third-order valence-corrected chi connectivity index (χ3v) is 2.72. The third kappa shape index (κ3) is 6.52. The van der Waals surface area contributed by atoms with Crippen LogP contribution in [0.5, 0.6) is 0 Å². The molecule has 1 rings (SSSR count). The van der Waals surface area contributed by atoms with E-state index < -0.39 is 0 Å². The zero-order valence-corrected chi connectivity index (χ0v) is 11.8. The molecule has 6 heteroatoms. The van der Waals surface area contributed by atoms with Crippen molar-refractivity contribution in [2.45, 2.75) is 13.0 Å². The fraction of sp³-hybridized carbons (Fsp3) is 0.583. The van der Waals surface area contributed by atoms with Gasteiger partial charge in [-0.2, -0.15) is 0 Å². The topological polar surface area (TPSA) is 40.6 Å². The number of hydrogen-bond donors (Lipinski definition) is 0. The Morgan fingerprint density at radius 3 is 2.61 bits per heavy atom. The molecule has 1 heterocycles. The first-order valence-corrected chi connectivity index (χ1v) is 6.44. The van der Waals surface area contributed by atoms with Gasteiger partial charge in [0.2, 0.25) is 0 Å². The molecular weight excluding hydrogens is 277 g/mol. The van der Waals surface area contributed by atoms with Gasteiger partial charge in [-0.15, -0.1) is 0 Å². The van der Waals surface area contributed by atoms with Crippen molar-refractivity contribution in [1.82, 2.24) is 4.98 Å². The minimum Gasteiger partial charge on any atom is -0.382 e. The van der Waals surface area contributed by atoms with Crippen LogP contribution in [0, 0.1) is 0 Å². The summed E-state index contributed by atoms with van der Waals surface area (Å²) in [6.07, 6.45) is 2.46. The molecule has 102 valence electrons. The molecular formula is C12H17Cl2NO3. The van der Waals surface area contributed by atoms with E-state index in [2.05, 4.69) is 4.98 Å². The highest BCUT2D eigenvalue weighted by Gasteiger charge is 2.02. The van der Waals surface area contributed by atoms with Gasteiger partial charge in [0.25, 0.3) is 0 Å². The van der Waals surface area contributed by atoms with Crippen LogP contribution in [0.15, 0.2) is 12.3 Å². The Morgan fingerprint density at radius 2 is 1.89 bits per heavy atom. The van der Waals surface area contributed by atoms with Crippen LogP contribution in [-0.2, 0) is 20.8 Å². The lowest BCUT2D eigenvalue weighted by molar-refractivity contribution is 0.0483. The average Bonchev–Trinajstić information content (AvgIpc) is 2.35. The summed E-state index contributed by atoms with van der Waals surface area (Å²) < 4.78 is 15.6. The predicted molar refractivity (Wildman–Crippen MR) is 71.2 cm³/mol. The van der Waals surface area contributed by atoms with E-state index >= 15 is 0 Å². The van der Waals surface area contributed by atoms with Crippen molar-refractivity contribution in [3.05, 3.63) is 28.0 Å². The number of halogens is 2. The van der Waals surface area contributed by atoms with E-state index in [0.717, 1.165) is 12.0 Å². The molecule has 0 N–H and O–H groups in total. The molecule has 0 atom stereocenters. The number of hydrogen-bond acceptors (Lipinski definition) is 4. The van der Waals surface area contributed by atoms with Gasteiger partial charge in [0, 0.05) is 32.1 Å². The lowest BCUT2D eigenvalue weighted by atomic mass is 10.3. The van der Waals surface area contributed by atoms with Crippen molar-refractivity contribution in [2.75, 3.05) is 33.5 Å². The van der Waals surface area contributed by atoms with Crippen LogP contribution in [0.1, 0.15) is 12.0 Å². The molecule has 0 radical (unpaired) electrons. The smallest absolute Gasteiger partial charge is 0.130 e. The second-order valence-corrected chi connectivity index (χ2v) is 4.40. The molecule has 0 aromatic carbocycles. The summed E-state index contributed by atoms with van der Waals surface area (Å²) in [6.45, 7) is 2.94. The molecule has 1 aromatic rings. The SMILES string of the molecule is COCCOCCCOCc1cnc(Cl)cc1Cl. The first-order valence-electron chi connectivity index (χ1n) is 5.68. The fourth-order valence-electron chi connectivity index (χ4n) is 1.23. The standard InChI is InChI=1S/C12H17Cl2NO3/c1-16-5-6-17-3-2-4-18-9-10-8-15-12(14)7-11(10)13/h7-8H,2-6,9H2,1H3. The summed E-state index contributed by atoms with van der Waals surface area (Å²) in [5, 5.41) is 0.960. The van der Waals surface area contributed by atoms with Crippen molar-refractivity contribution in [3.63, 3.8) is 0 Å². The van der Waals surface area contributed by atoms with E-state index in [1.807, 2.05) is 0 Å². The van der Waals surface area contributed by atoms with Gasteiger partial charge >= 0.3 is 0 Å². The second-order valence-electron chi connectivity index (χ2n) is 3.61. The summed E-state index contributed by atoms with van der Waals surface area (Å²) in [6, 6.07) is 1.61. The predicted octanol–water partition coefficient (Wildman–Crippen LogP) is 2.96. The minimum atomic E-state index is 0.385. The van der Waals surface area contributed by atoms with Gasteiger partial charge < -0.3 is 14.2 Å². The first kappa shape index (κ1) is 15.7. The van der Waals surface area contributed by atoms with E-state index in [4.69, 9.17) is 37.4 Å². The third-order valence-electron chi connectivity index (χ3n) is 2.16. The zero-order valence-electron chi connectivity index (χ0n) is 10.3.